The van der Waals surface area contributed by atoms with Crippen LogP contribution < -0.4 is 15.4 Å². The van der Waals surface area contributed by atoms with Crippen molar-refractivity contribution in [3.63, 3.8) is 0 Å². The van der Waals surface area contributed by atoms with Crippen molar-refractivity contribution >= 4 is 17.5 Å². The molecule has 1 atom stereocenters. The van der Waals surface area contributed by atoms with Crippen LogP contribution in [0.15, 0.2) is 24.3 Å². The van der Waals surface area contributed by atoms with Gasteiger partial charge in [-0.15, -0.1) is 0 Å². The third kappa shape index (κ3) is 4.23. The summed E-state index contributed by atoms with van der Waals surface area (Å²) < 4.78 is 11.6. The molecule has 0 amide bonds. The van der Waals surface area contributed by atoms with Gasteiger partial charge in [-0.2, -0.15) is 4.98 Å². The van der Waals surface area contributed by atoms with E-state index in [1.165, 1.54) is 0 Å². The van der Waals surface area contributed by atoms with Crippen LogP contribution in [0.4, 0.5) is 17.5 Å². The number of ether oxygens (including phenoxy) is 2. The Kier molecular flexibility index (Phi) is 5.58. The van der Waals surface area contributed by atoms with Crippen LogP contribution in [0.2, 0.25) is 0 Å². The minimum atomic E-state index is 0.269. The molecule has 1 aliphatic heterocycles. The summed E-state index contributed by atoms with van der Waals surface area (Å²) in [6.45, 7) is 4.47. The molecular formula is C19H27N5O2. The normalized spacial score (nSPS) is 17.5. The molecule has 0 saturated carbocycles. The van der Waals surface area contributed by atoms with E-state index < -0.39 is 0 Å². The summed E-state index contributed by atoms with van der Waals surface area (Å²) in [6, 6.07) is 7.74. The topological polar surface area (TPSA) is 76.7 Å². The summed E-state index contributed by atoms with van der Waals surface area (Å²) in [7, 11) is 5.72. The van der Waals surface area contributed by atoms with Crippen LogP contribution in [-0.4, -0.2) is 55.3 Å². The van der Waals surface area contributed by atoms with Gasteiger partial charge in [-0.25, -0.2) is 4.98 Å². The summed E-state index contributed by atoms with van der Waals surface area (Å²) in [4.78, 5) is 13.0. The number of aromatic nitrogens is 2. The second kappa shape index (κ2) is 7.88. The van der Waals surface area contributed by atoms with Gasteiger partial charge in [0.05, 0.1) is 19.8 Å². The lowest BCUT2D eigenvalue weighted by Gasteiger charge is -2.20. The minimum absolute atomic E-state index is 0.269. The first-order valence-corrected chi connectivity index (χ1v) is 8.78. The van der Waals surface area contributed by atoms with Gasteiger partial charge in [0.15, 0.2) is 0 Å². The number of benzene rings is 1. The standard InChI is InChI=1S/C19H27N5O2/c1-13-9-18(20)22-19(21-13)24(3)15-5-6-17(25-4)14(10-15)12-26-16-7-8-23(2)11-16/h5-6,9-10,16H,7-8,11-12H2,1-4H3,(H2,20,21,22). The van der Waals surface area contributed by atoms with Crippen molar-refractivity contribution < 1.29 is 9.47 Å². The number of likely N-dealkylation sites (tertiary alicyclic amines) is 1. The number of rotatable bonds is 6. The third-order valence-electron chi connectivity index (χ3n) is 4.64. The van der Waals surface area contributed by atoms with Gasteiger partial charge in [0.2, 0.25) is 5.95 Å². The van der Waals surface area contributed by atoms with Gasteiger partial charge in [-0.05, 0) is 38.6 Å². The van der Waals surface area contributed by atoms with Crippen LogP contribution in [0.3, 0.4) is 0 Å². The zero-order valence-electron chi connectivity index (χ0n) is 15.9. The van der Waals surface area contributed by atoms with E-state index in [0.29, 0.717) is 18.4 Å². The SMILES string of the molecule is COc1ccc(N(C)c2nc(C)cc(N)n2)cc1COC1CCN(C)C1. The van der Waals surface area contributed by atoms with Gasteiger partial charge in [0.25, 0.3) is 0 Å². The molecule has 26 heavy (non-hydrogen) atoms. The Morgan fingerprint density at radius 2 is 2.12 bits per heavy atom. The molecule has 0 aliphatic carbocycles. The van der Waals surface area contributed by atoms with Crippen LogP contribution in [0.5, 0.6) is 5.75 Å². The van der Waals surface area contributed by atoms with Gasteiger partial charge >= 0.3 is 0 Å². The molecule has 1 unspecified atom stereocenters. The van der Waals surface area contributed by atoms with Gasteiger partial charge in [-0.1, -0.05) is 0 Å². The number of nitrogens with two attached hydrogens (primary N) is 1. The fraction of sp³-hybridized carbons (Fsp3) is 0.474. The molecule has 2 aromatic rings. The number of hydrogen-bond acceptors (Lipinski definition) is 7. The second-order valence-electron chi connectivity index (χ2n) is 6.77. The Balaban J connectivity index is 1.79. The van der Waals surface area contributed by atoms with E-state index in [4.69, 9.17) is 15.2 Å². The van der Waals surface area contributed by atoms with Crippen molar-refractivity contribution in [3.8, 4) is 5.75 Å². The van der Waals surface area contributed by atoms with Gasteiger partial charge in [0.1, 0.15) is 11.6 Å². The van der Waals surface area contributed by atoms with Crippen molar-refractivity contribution in [3.05, 3.63) is 35.5 Å². The highest BCUT2D eigenvalue weighted by Crippen LogP contribution is 2.29. The summed E-state index contributed by atoms with van der Waals surface area (Å²) >= 11 is 0. The summed E-state index contributed by atoms with van der Waals surface area (Å²) in [5.41, 5.74) is 8.66. The largest absolute Gasteiger partial charge is 0.496 e. The van der Waals surface area contributed by atoms with Crippen LogP contribution in [-0.2, 0) is 11.3 Å². The quantitative estimate of drug-likeness (QED) is 0.850. The summed E-state index contributed by atoms with van der Waals surface area (Å²) in [5.74, 6) is 1.84. The smallest absolute Gasteiger partial charge is 0.231 e. The molecule has 7 nitrogen and oxygen atoms in total. The van der Waals surface area contributed by atoms with Crippen molar-refractivity contribution in [2.24, 2.45) is 0 Å². The van der Waals surface area contributed by atoms with E-state index in [1.54, 1.807) is 13.2 Å². The number of likely N-dealkylation sites (N-methyl/N-ethyl adjacent to an activating group) is 1. The molecule has 1 aromatic heterocycles. The lowest BCUT2D eigenvalue weighted by molar-refractivity contribution is 0.0473. The fourth-order valence-electron chi connectivity index (χ4n) is 3.17. The molecule has 2 N–H and O–H groups in total. The number of nitrogen functional groups attached to an aromatic ring is 1. The molecule has 1 aromatic carbocycles. The number of anilines is 3. The average molecular weight is 357 g/mol. The molecule has 7 heteroatoms. The van der Waals surface area contributed by atoms with Gasteiger partial charge in [0, 0.05) is 43.1 Å². The molecule has 1 fully saturated rings. The Bertz CT molecular complexity index is 747. The maximum atomic E-state index is 6.09. The van der Waals surface area contributed by atoms with E-state index >= 15 is 0 Å². The van der Waals surface area contributed by atoms with Crippen LogP contribution >= 0.6 is 0 Å². The van der Waals surface area contributed by atoms with E-state index in [9.17, 15) is 0 Å². The average Bonchev–Trinajstić information content (AvgIpc) is 3.03. The predicted octanol–water partition coefficient (Wildman–Crippen LogP) is 2.36. The molecule has 0 radical (unpaired) electrons. The van der Waals surface area contributed by atoms with E-state index in [0.717, 1.165) is 42.2 Å². The summed E-state index contributed by atoms with van der Waals surface area (Å²) in [6.07, 6.45) is 1.33. The van der Waals surface area contributed by atoms with Crippen LogP contribution in [0, 0.1) is 6.92 Å². The Labute approximate surface area is 154 Å². The molecule has 0 spiro atoms. The van der Waals surface area contributed by atoms with E-state index in [2.05, 4.69) is 28.0 Å². The van der Waals surface area contributed by atoms with Crippen LogP contribution in [0.25, 0.3) is 0 Å². The van der Waals surface area contributed by atoms with Gasteiger partial charge in [-0.3, -0.25) is 0 Å². The predicted molar refractivity (Wildman–Crippen MR) is 103 cm³/mol. The van der Waals surface area contributed by atoms with Crippen LogP contribution in [0.1, 0.15) is 17.7 Å². The molecular weight excluding hydrogens is 330 g/mol. The molecule has 140 valence electrons. The number of methoxy groups -OCH3 is 1. The molecule has 0 bridgehead atoms. The zero-order valence-corrected chi connectivity index (χ0v) is 15.9. The number of nitrogens with zero attached hydrogens (tertiary/aromatic N) is 4. The van der Waals surface area contributed by atoms with E-state index in [-0.39, 0.29) is 6.10 Å². The summed E-state index contributed by atoms with van der Waals surface area (Å²) in [5, 5.41) is 0. The number of aryl methyl sites for hydroxylation is 1. The highest BCUT2D eigenvalue weighted by Gasteiger charge is 2.20. The molecule has 1 saturated heterocycles. The van der Waals surface area contributed by atoms with Crippen molar-refractivity contribution in [1.29, 1.82) is 0 Å². The lowest BCUT2D eigenvalue weighted by atomic mass is 10.1. The molecule has 2 heterocycles. The minimum Gasteiger partial charge on any atom is -0.496 e. The lowest BCUT2D eigenvalue weighted by Crippen LogP contribution is -2.19. The molecule has 3 rings (SSSR count). The van der Waals surface area contributed by atoms with Crippen molar-refractivity contribution in [2.45, 2.75) is 26.1 Å². The first-order chi connectivity index (χ1) is 12.5. The molecule has 1 aliphatic rings. The Morgan fingerprint density at radius 3 is 2.77 bits per heavy atom. The Hall–Kier alpha value is -2.38. The Morgan fingerprint density at radius 1 is 1.31 bits per heavy atom. The van der Waals surface area contributed by atoms with E-state index in [1.807, 2.05) is 31.0 Å². The second-order valence-corrected chi connectivity index (χ2v) is 6.77. The first kappa shape index (κ1) is 18.4. The maximum Gasteiger partial charge on any atom is 0.231 e. The fourth-order valence-corrected chi connectivity index (χ4v) is 3.17. The maximum absolute atomic E-state index is 6.09. The first-order valence-electron chi connectivity index (χ1n) is 8.78. The van der Waals surface area contributed by atoms with Gasteiger partial charge < -0.3 is 25.0 Å². The van der Waals surface area contributed by atoms with Crippen molar-refractivity contribution in [2.75, 3.05) is 44.9 Å². The zero-order chi connectivity index (χ0) is 18.7. The monoisotopic (exact) mass is 357 g/mol. The number of hydrogen-bond donors (Lipinski definition) is 1. The van der Waals surface area contributed by atoms with Crippen molar-refractivity contribution in [1.82, 2.24) is 14.9 Å². The highest BCUT2D eigenvalue weighted by atomic mass is 16.5. The third-order valence-corrected chi connectivity index (χ3v) is 4.64. The highest BCUT2D eigenvalue weighted by molar-refractivity contribution is 5.60.